The molecule has 0 bridgehead atoms. The molecule has 0 saturated carbocycles. The van der Waals surface area contributed by atoms with Crippen molar-refractivity contribution in [2.45, 2.75) is 38.1 Å². The summed E-state index contributed by atoms with van der Waals surface area (Å²) in [4.78, 5) is 25.3. The molecule has 1 aromatic heterocycles. The van der Waals surface area contributed by atoms with Crippen LogP contribution >= 0.6 is 0 Å². The molecule has 0 aliphatic carbocycles. The highest BCUT2D eigenvalue weighted by Crippen LogP contribution is 2.25. The fourth-order valence-corrected chi connectivity index (χ4v) is 3.57. The van der Waals surface area contributed by atoms with Gasteiger partial charge in [-0.05, 0) is 62.7 Å². The van der Waals surface area contributed by atoms with E-state index in [2.05, 4.69) is 10.00 Å². The predicted molar refractivity (Wildman–Crippen MR) is 98.2 cm³/mol. The normalized spacial score (nSPS) is 17.7. The van der Waals surface area contributed by atoms with Crippen molar-refractivity contribution in [3.05, 3.63) is 53.6 Å². The van der Waals surface area contributed by atoms with Gasteiger partial charge in [-0.25, -0.2) is 4.39 Å². The molecule has 0 spiro atoms. The van der Waals surface area contributed by atoms with Gasteiger partial charge >= 0.3 is 5.97 Å². The van der Waals surface area contributed by atoms with Gasteiger partial charge in [0.05, 0.1) is 5.69 Å². The number of piperidine rings is 1. The zero-order chi connectivity index (χ0) is 19.2. The summed E-state index contributed by atoms with van der Waals surface area (Å²) < 4.78 is 14.4. The molecule has 27 heavy (non-hydrogen) atoms. The van der Waals surface area contributed by atoms with E-state index in [0.717, 1.165) is 44.6 Å². The third kappa shape index (κ3) is 5.47. The number of hydrogen-bond donors (Lipinski definition) is 1. The molecule has 1 atom stereocenters. The summed E-state index contributed by atoms with van der Waals surface area (Å²) in [7, 11) is 0. The molecule has 1 N–H and O–H groups in total. The highest BCUT2D eigenvalue weighted by molar-refractivity contribution is 5.95. The number of benzene rings is 1. The first-order valence-electron chi connectivity index (χ1n) is 9.27. The SMILES string of the molecule is O=C(O)Cn1ccc([C@@H]2CCCN(CCCC(=O)c3ccc(F)cc3)C2)n1. The number of likely N-dealkylation sites (tertiary alicyclic amines) is 1. The summed E-state index contributed by atoms with van der Waals surface area (Å²) in [5, 5.41) is 13.2. The Labute approximate surface area is 157 Å². The zero-order valence-corrected chi connectivity index (χ0v) is 15.2. The van der Waals surface area contributed by atoms with Crippen LogP contribution in [-0.2, 0) is 11.3 Å². The van der Waals surface area contributed by atoms with Crippen molar-refractivity contribution in [2.24, 2.45) is 0 Å². The van der Waals surface area contributed by atoms with Gasteiger partial charge in [-0.3, -0.25) is 14.3 Å². The first-order valence-corrected chi connectivity index (χ1v) is 9.27. The molecular weight excluding hydrogens is 349 g/mol. The maximum absolute atomic E-state index is 12.9. The van der Waals surface area contributed by atoms with Gasteiger partial charge in [-0.15, -0.1) is 0 Å². The van der Waals surface area contributed by atoms with Gasteiger partial charge in [0.25, 0.3) is 0 Å². The van der Waals surface area contributed by atoms with Crippen LogP contribution in [0.15, 0.2) is 36.5 Å². The number of nitrogens with zero attached hydrogens (tertiary/aromatic N) is 3. The molecule has 3 rings (SSSR count). The maximum Gasteiger partial charge on any atom is 0.325 e. The second-order valence-electron chi connectivity index (χ2n) is 7.01. The number of carbonyl (C=O) groups is 2. The lowest BCUT2D eigenvalue weighted by molar-refractivity contribution is -0.137. The van der Waals surface area contributed by atoms with Gasteiger partial charge in [-0.1, -0.05) is 0 Å². The standard InChI is InChI=1S/C20H24FN3O3/c21-17-7-5-15(6-8-17)19(25)4-2-11-23-10-1-3-16(13-23)18-9-12-24(22-18)14-20(26)27/h5-9,12,16H,1-4,10-11,13-14H2,(H,26,27)/t16-/m1/s1. The summed E-state index contributed by atoms with van der Waals surface area (Å²) in [5.74, 6) is -0.907. The van der Waals surface area contributed by atoms with E-state index in [9.17, 15) is 14.0 Å². The predicted octanol–water partition coefficient (Wildman–Crippen LogP) is 2.95. The summed E-state index contributed by atoms with van der Waals surface area (Å²) in [5.41, 5.74) is 1.49. The minimum atomic E-state index is -0.902. The van der Waals surface area contributed by atoms with Gasteiger partial charge in [-0.2, -0.15) is 5.10 Å². The maximum atomic E-state index is 12.9. The number of halogens is 1. The monoisotopic (exact) mass is 373 g/mol. The zero-order valence-electron chi connectivity index (χ0n) is 15.2. The quantitative estimate of drug-likeness (QED) is 0.720. The van der Waals surface area contributed by atoms with Crippen LogP contribution in [0.5, 0.6) is 0 Å². The van der Waals surface area contributed by atoms with Crippen LogP contribution in [-0.4, -0.2) is 51.2 Å². The smallest absolute Gasteiger partial charge is 0.325 e. The lowest BCUT2D eigenvalue weighted by Crippen LogP contribution is -2.35. The Hall–Kier alpha value is -2.54. The number of carboxylic acids is 1. The molecular formula is C20H24FN3O3. The number of rotatable bonds is 8. The van der Waals surface area contributed by atoms with Gasteiger partial charge in [0.1, 0.15) is 12.4 Å². The second-order valence-corrected chi connectivity index (χ2v) is 7.01. The second kappa shape index (κ2) is 8.90. The van der Waals surface area contributed by atoms with E-state index in [-0.39, 0.29) is 18.1 Å². The Balaban J connectivity index is 1.47. The number of hydrogen-bond acceptors (Lipinski definition) is 4. The number of Topliss-reactive ketones (excluding diaryl/α,β-unsaturated/α-hetero) is 1. The summed E-state index contributed by atoms with van der Waals surface area (Å²) in [6.45, 7) is 2.58. The van der Waals surface area contributed by atoms with Crippen molar-refractivity contribution in [3.8, 4) is 0 Å². The molecule has 1 aliphatic heterocycles. The molecule has 0 unspecified atom stereocenters. The first kappa shape index (κ1) is 19.2. The lowest BCUT2D eigenvalue weighted by Gasteiger charge is -2.31. The molecule has 2 heterocycles. The average molecular weight is 373 g/mol. The third-order valence-electron chi connectivity index (χ3n) is 4.93. The van der Waals surface area contributed by atoms with Crippen molar-refractivity contribution in [2.75, 3.05) is 19.6 Å². The van der Waals surface area contributed by atoms with Gasteiger partial charge in [0.2, 0.25) is 0 Å². The van der Waals surface area contributed by atoms with Crippen LogP contribution in [0.4, 0.5) is 4.39 Å². The van der Waals surface area contributed by atoms with E-state index < -0.39 is 5.97 Å². The topological polar surface area (TPSA) is 75.4 Å². The molecule has 6 nitrogen and oxygen atoms in total. The van der Waals surface area contributed by atoms with E-state index in [0.29, 0.717) is 17.9 Å². The number of aliphatic carboxylic acids is 1. The Bertz CT molecular complexity index is 788. The molecule has 7 heteroatoms. The summed E-state index contributed by atoms with van der Waals surface area (Å²) >= 11 is 0. The van der Waals surface area contributed by atoms with Crippen LogP contribution in [0.3, 0.4) is 0 Å². The van der Waals surface area contributed by atoms with Crippen molar-refractivity contribution in [3.63, 3.8) is 0 Å². The third-order valence-corrected chi connectivity index (χ3v) is 4.93. The van der Waals surface area contributed by atoms with E-state index >= 15 is 0 Å². The number of carbonyl (C=O) groups excluding carboxylic acids is 1. The minimum absolute atomic E-state index is 0.0379. The van der Waals surface area contributed by atoms with Gasteiger partial charge in [0.15, 0.2) is 5.78 Å². The fourth-order valence-electron chi connectivity index (χ4n) is 3.57. The molecule has 144 valence electrons. The minimum Gasteiger partial charge on any atom is -0.480 e. The Kier molecular flexibility index (Phi) is 6.34. The van der Waals surface area contributed by atoms with E-state index in [4.69, 9.17) is 5.11 Å². The molecule has 1 aliphatic rings. The molecule has 2 aromatic rings. The van der Waals surface area contributed by atoms with Crippen LogP contribution in [0.25, 0.3) is 0 Å². The number of carboxylic acid groups (broad SMARTS) is 1. The highest BCUT2D eigenvalue weighted by atomic mass is 19.1. The largest absolute Gasteiger partial charge is 0.480 e. The first-order chi connectivity index (χ1) is 13.0. The molecule has 0 amide bonds. The average Bonchev–Trinajstić information content (AvgIpc) is 3.10. The molecule has 1 aromatic carbocycles. The van der Waals surface area contributed by atoms with Crippen LogP contribution in [0.1, 0.15) is 47.7 Å². The summed E-state index contributed by atoms with van der Waals surface area (Å²) in [6.07, 6.45) is 5.01. The fraction of sp³-hybridized carbons (Fsp3) is 0.450. The lowest BCUT2D eigenvalue weighted by atomic mass is 9.94. The van der Waals surface area contributed by atoms with Crippen molar-refractivity contribution in [1.29, 1.82) is 0 Å². The van der Waals surface area contributed by atoms with E-state index in [1.165, 1.54) is 28.9 Å². The summed E-state index contributed by atoms with van der Waals surface area (Å²) in [6, 6.07) is 7.58. The van der Waals surface area contributed by atoms with Crippen molar-refractivity contribution in [1.82, 2.24) is 14.7 Å². The van der Waals surface area contributed by atoms with Gasteiger partial charge < -0.3 is 10.0 Å². The van der Waals surface area contributed by atoms with Crippen molar-refractivity contribution < 1.29 is 19.1 Å². The van der Waals surface area contributed by atoms with Crippen LogP contribution < -0.4 is 0 Å². The van der Waals surface area contributed by atoms with Crippen LogP contribution in [0, 0.1) is 5.82 Å². The highest BCUT2D eigenvalue weighted by Gasteiger charge is 2.23. The van der Waals surface area contributed by atoms with E-state index in [1.807, 2.05) is 6.07 Å². The van der Waals surface area contributed by atoms with Gasteiger partial charge in [0, 0.05) is 30.6 Å². The van der Waals surface area contributed by atoms with E-state index in [1.54, 1.807) is 6.20 Å². The number of aromatic nitrogens is 2. The van der Waals surface area contributed by atoms with Crippen molar-refractivity contribution >= 4 is 11.8 Å². The Morgan fingerprint density at radius 1 is 1.22 bits per heavy atom. The molecule has 1 saturated heterocycles. The number of ketones is 1. The molecule has 1 fully saturated rings. The van der Waals surface area contributed by atoms with Crippen LogP contribution in [0.2, 0.25) is 0 Å². The Morgan fingerprint density at radius 2 is 2.00 bits per heavy atom. The molecule has 0 radical (unpaired) electrons. The Morgan fingerprint density at radius 3 is 2.74 bits per heavy atom.